The highest BCUT2D eigenvalue weighted by Crippen LogP contribution is 2.28. The molecule has 2 heterocycles. The molecule has 1 aliphatic carbocycles. The first-order chi connectivity index (χ1) is 14.0. The number of nitrogens with one attached hydrogen (secondary N) is 1. The second-order valence-corrected chi connectivity index (χ2v) is 8.11. The zero-order chi connectivity index (χ0) is 20.4. The predicted octanol–water partition coefficient (Wildman–Crippen LogP) is 3.74. The smallest absolute Gasteiger partial charge is 0.407 e. The predicted molar refractivity (Wildman–Crippen MR) is 110 cm³/mol. The Labute approximate surface area is 170 Å². The van der Waals surface area contributed by atoms with Crippen LogP contribution in [-0.2, 0) is 13.1 Å². The van der Waals surface area contributed by atoms with Gasteiger partial charge in [-0.1, -0.05) is 49.6 Å². The zero-order valence-corrected chi connectivity index (χ0v) is 16.8. The number of fused-ring (bicyclic) bond motifs is 1. The molecule has 7 nitrogen and oxygen atoms in total. The first-order valence-electron chi connectivity index (χ1n) is 10.5. The van der Waals surface area contributed by atoms with Gasteiger partial charge in [-0.3, -0.25) is 4.79 Å². The number of hydrogen-bond acceptors (Lipinski definition) is 3. The molecule has 2 aromatic rings. The molecule has 0 radical (unpaired) electrons. The molecule has 1 aliphatic heterocycles. The molecule has 1 saturated carbocycles. The number of amides is 2. The van der Waals surface area contributed by atoms with Crippen LogP contribution in [0.1, 0.15) is 55.2 Å². The van der Waals surface area contributed by atoms with Gasteiger partial charge in [0, 0.05) is 24.7 Å². The largest absolute Gasteiger partial charge is 0.465 e. The molecule has 1 atom stereocenters. The molecule has 0 saturated heterocycles. The Bertz CT molecular complexity index is 887. The van der Waals surface area contributed by atoms with Crippen LogP contribution in [0, 0.1) is 5.92 Å². The standard InChI is InChI=1S/C22H28N4O3/c1-15(16-8-4-2-5-9-16)23-21(27)19-18-14-25(22(28)29)12-13-26(18)20(24-19)17-10-6-3-7-11-17/h3,6-7,10-11,15-16H,2,4-5,8-9,12-14H2,1H3,(H,23,27)(H,28,29)/t15-/m1/s1. The SMILES string of the molecule is C[C@@H](NC(=O)c1nc(-c2ccccc2)n2c1CN(C(=O)O)CC2)C1CCCCC1. The minimum absolute atomic E-state index is 0.0829. The first kappa shape index (κ1) is 19.5. The van der Waals surface area contributed by atoms with Gasteiger partial charge in [-0.05, 0) is 25.7 Å². The summed E-state index contributed by atoms with van der Waals surface area (Å²) in [6, 6.07) is 9.83. The summed E-state index contributed by atoms with van der Waals surface area (Å²) in [6.07, 6.45) is 5.03. The number of imidazole rings is 1. The van der Waals surface area contributed by atoms with Gasteiger partial charge in [-0.25, -0.2) is 9.78 Å². The summed E-state index contributed by atoms with van der Waals surface area (Å²) < 4.78 is 2.00. The van der Waals surface area contributed by atoms with Crippen molar-refractivity contribution in [2.45, 2.75) is 58.2 Å². The molecule has 0 spiro atoms. The molecule has 7 heteroatoms. The Hall–Kier alpha value is -2.83. The van der Waals surface area contributed by atoms with E-state index in [2.05, 4.69) is 17.2 Å². The average molecular weight is 396 g/mol. The summed E-state index contributed by atoms with van der Waals surface area (Å²) in [5.74, 6) is 1.01. The Morgan fingerprint density at radius 2 is 1.86 bits per heavy atom. The normalized spacial score (nSPS) is 18.2. The van der Waals surface area contributed by atoms with Gasteiger partial charge in [-0.15, -0.1) is 0 Å². The minimum Gasteiger partial charge on any atom is -0.465 e. The Morgan fingerprint density at radius 3 is 2.55 bits per heavy atom. The Morgan fingerprint density at radius 1 is 1.14 bits per heavy atom. The average Bonchev–Trinajstić information content (AvgIpc) is 3.14. The van der Waals surface area contributed by atoms with E-state index in [-0.39, 0.29) is 18.5 Å². The fourth-order valence-corrected chi connectivity index (χ4v) is 4.55. The van der Waals surface area contributed by atoms with Crippen molar-refractivity contribution in [2.75, 3.05) is 6.54 Å². The van der Waals surface area contributed by atoms with Crippen LogP contribution < -0.4 is 5.32 Å². The number of rotatable bonds is 4. The van der Waals surface area contributed by atoms with E-state index in [1.54, 1.807) is 0 Å². The number of carbonyl (C=O) groups is 2. The van der Waals surface area contributed by atoms with Crippen molar-refractivity contribution in [3.8, 4) is 11.4 Å². The molecule has 1 aromatic carbocycles. The van der Waals surface area contributed by atoms with Crippen molar-refractivity contribution < 1.29 is 14.7 Å². The molecule has 2 aliphatic rings. The van der Waals surface area contributed by atoms with E-state index >= 15 is 0 Å². The van der Waals surface area contributed by atoms with Crippen molar-refractivity contribution >= 4 is 12.0 Å². The van der Waals surface area contributed by atoms with Crippen LogP contribution >= 0.6 is 0 Å². The molecule has 0 unspecified atom stereocenters. The van der Waals surface area contributed by atoms with Gasteiger partial charge in [0.15, 0.2) is 5.69 Å². The Balaban J connectivity index is 1.64. The lowest BCUT2D eigenvalue weighted by atomic mass is 9.84. The highest BCUT2D eigenvalue weighted by atomic mass is 16.4. The number of aromatic nitrogens is 2. The topological polar surface area (TPSA) is 87.5 Å². The summed E-state index contributed by atoms with van der Waals surface area (Å²) in [6.45, 7) is 3.12. The fourth-order valence-electron chi connectivity index (χ4n) is 4.55. The molecule has 154 valence electrons. The third kappa shape index (κ3) is 3.99. The van der Waals surface area contributed by atoms with E-state index in [4.69, 9.17) is 0 Å². The van der Waals surface area contributed by atoms with Gasteiger partial charge >= 0.3 is 6.09 Å². The van der Waals surface area contributed by atoms with Crippen molar-refractivity contribution in [3.63, 3.8) is 0 Å². The van der Waals surface area contributed by atoms with Crippen LogP contribution in [0.5, 0.6) is 0 Å². The molecule has 2 N–H and O–H groups in total. The van der Waals surface area contributed by atoms with Gasteiger partial charge in [-0.2, -0.15) is 0 Å². The van der Waals surface area contributed by atoms with Gasteiger partial charge in [0.05, 0.1) is 12.2 Å². The second-order valence-electron chi connectivity index (χ2n) is 8.11. The third-order valence-corrected chi connectivity index (χ3v) is 6.24. The Kier molecular flexibility index (Phi) is 5.56. The first-order valence-corrected chi connectivity index (χ1v) is 10.5. The molecular formula is C22H28N4O3. The summed E-state index contributed by atoms with van der Waals surface area (Å²) in [4.78, 5) is 30.7. The maximum atomic E-state index is 13.1. The lowest BCUT2D eigenvalue weighted by Crippen LogP contribution is -2.41. The minimum atomic E-state index is -0.972. The summed E-state index contributed by atoms with van der Waals surface area (Å²) in [5.41, 5.74) is 1.94. The van der Waals surface area contributed by atoms with Crippen molar-refractivity contribution in [1.82, 2.24) is 19.8 Å². The highest BCUT2D eigenvalue weighted by molar-refractivity contribution is 5.94. The molecular weight excluding hydrogens is 368 g/mol. The van der Waals surface area contributed by atoms with Crippen molar-refractivity contribution in [1.29, 1.82) is 0 Å². The number of nitrogens with zero attached hydrogens (tertiary/aromatic N) is 3. The molecule has 1 fully saturated rings. The quantitative estimate of drug-likeness (QED) is 0.824. The molecule has 4 rings (SSSR count). The lowest BCUT2D eigenvalue weighted by Gasteiger charge is -2.29. The van der Waals surface area contributed by atoms with Crippen LogP contribution in [0.15, 0.2) is 30.3 Å². The van der Waals surface area contributed by atoms with Gasteiger partial charge in [0.2, 0.25) is 0 Å². The van der Waals surface area contributed by atoms with Crippen LogP contribution in [0.2, 0.25) is 0 Å². The van der Waals surface area contributed by atoms with E-state index in [1.165, 1.54) is 24.2 Å². The second kappa shape index (κ2) is 8.27. The molecule has 29 heavy (non-hydrogen) atoms. The highest BCUT2D eigenvalue weighted by Gasteiger charge is 2.31. The molecule has 0 bridgehead atoms. The fraction of sp³-hybridized carbons (Fsp3) is 0.500. The summed E-state index contributed by atoms with van der Waals surface area (Å²) in [7, 11) is 0. The molecule has 1 aromatic heterocycles. The van der Waals surface area contributed by atoms with E-state index < -0.39 is 6.09 Å². The van der Waals surface area contributed by atoms with Gasteiger partial charge in [0.25, 0.3) is 5.91 Å². The van der Waals surface area contributed by atoms with Crippen LogP contribution in [-0.4, -0.2) is 44.1 Å². The lowest BCUT2D eigenvalue weighted by molar-refractivity contribution is 0.0908. The summed E-state index contributed by atoms with van der Waals surface area (Å²) >= 11 is 0. The third-order valence-electron chi connectivity index (χ3n) is 6.24. The molecule has 2 amide bonds. The van der Waals surface area contributed by atoms with Gasteiger partial charge in [0.1, 0.15) is 5.82 Å². The van der Waals surface area contributed by atoms with Crippen molar-refractivity contribution in [2.24, 2.45) is 5.92 Å². The zero-order valence-electron chi connectivity index (χ0n) is 16.8. The number of carbonyl (C=O) groups excluding carboxylic acids is 1. The van der Waals surface area contributed by atoms with E-state index in [0.717, 1.165) is 24.2 Å². The van der Waals surface area contributed by atoms with Crippen LogP contribution in [0.4, 0.5) is 4.79 Å². The number of carboxylic acid groups (broad SMARTS) is 1. The van der Waals surface area contributed by atoms with Crippen LogP contribution in [0.25, 0.3) is 11.4 Å². The van der Waals surface area contributed by atoms with E-state index in [1.807, 2.05) is 34.9 Å². The number of hydrogen-bond donors (Lipinski definition) is 2. The maximum Gasteiger partial charge on any atom is 0.407 e. The van der Waals surface area contributed by atoms with E-state index in [0.29, 0.717) is 30.4 Å². The summed E-state index contributed by atoms with van der Waals surface area (Å²) in [5, 5.41) is 12.6. The van der Waals surface area contributed by atoms with Crippen molar-refractivity contribution in [3.05, 3.63) is 41.7 Å². The van der Waals surface area contributed by atoms with E-state index in [9.17, 15) is 14.7 Å². The monoisotopic (exact) mass is 396 g/mol. The van der Waals surface area contributed by atoms with Crippen LogP contribution in [0.3, 0.4) is 0 Å². The van der Waals surface area contributed by atoms with Gasteiger partial charge < -0.3 is 19.9 Å². The number of benzene rings is 1. The maximum absolute atomic E-state index is 13.1.